The molecule has 0 saturated carbocycles. The molecule has 2 fully saturated rings. The summed E-state index contributed by atoms with van der Waals surface area (Å²) in [6, 6.07) is 10.8. The highest BCUT2D eigenvalue weighted by Gasteiger charge is 2.46. The van der Waals surface area contributed by atoms with Gasteiger partial charge in [-0.05, 0) is 30.4 Å². The molecule has 2 saturated heterocycles. The minimum absolute atomic E-state index is 0.131. The van der Waals surface area contributed by atoms with Gasteiger partial charge in [-0.3, -0.25) is 4.79 Å². The molecule has 2 aliphatic heterocycles. The zero-order valence-corrected chi connectivity index (χ0v) is 14.0. The third-order valence-electron chi connectivity index (χ3n) is 5.14. The molecule has 3 atom stereocenters. The van der Waals surface area contributed by atoms with E-state index in [1.165, 1.54) is 17.1 Å². The van der Waals surface area contributed by atoms with Crippen molar-refractivity contribution < 1.29 is 9.53 Å². The van der Waals surface area contributed by atoms with Crippen LogP contribution in [0, 0.1) is 12.8 Å². The van der Waals surface area contributed by atoms with E-state index in [0.717, 1.165) is 37.4 Å². The lowest BCUT2D eigenvalue weighted by Crippen LogP contribution is -2.42. The van der Waals surface area contributed by atoms with E-state index in [1.807, 2.05) is 18.4 Å². The van der Waals surface area contributed by atoms with Crippen LogP contribution in [0.4, 0.5) is 0 Å². The second kappa shape index (κ2) is 6.06. The summed E-state index contributed by atoms with van der Waals surface area (Å²) in [4.78, 5) is 15.1. The molecular weight excluding hydrogens is 308 g/mol. The van der Waals surface area contributed by atoms with Gasteiger partial charge in [-0.2, -0.15) is 4.37 Å². The molecule has 0 aliphatic carbocycles. The SMILES string of the molecule is Cc1nscc1C(=O)N1C[C@H](c2ccccc2)[C@@H]2COCC[C@@H]21. The van der Waals surface area contributed by atoms with Crippen LogP contribution in [0.3, 0.4) is 0 Å². The van der Waals surface area contributed by atoms with Gasteiger partial charge in [-0.1, -0.05) is 30.3 Å². The van der Waals surface area contributed by atoms with Crippen LogP contribution in [0.15, 0.2) is 35.7 Å². The quantitative estimate of drug-likeness (QED) is 0.851. The van der Waals surface area contributed by atoms with Crippen LogP contribution >= 0.6 is 11.5 Å². The van der Waals surface area contributed by atoms with Crippen molar-refractivity contribution in [2.45, 2.75) is 25.3 Å². The second-order valence-electron chi connectivity index (χ2n) is 6.38. The Labute approximate surface area is 140 Å². The van der Waals surface area contributed by atoms with Crippen LogP contribution in [0.2, 0.25) is 0 Å². The predicted octanol–water partition coefficient (Wildman–Crippen LogP) is 3.10. The van der Waals surface area contributed by atoms with Crippen molar-refractivity contribution in [3.63, 3.8) is 0 Å². The maximum Gasteiger partial charge on any atom is 0.256 e. The number of rotatable bonds is 2. The zero-order valence-electron chi connectivity index (χ0n) is 13.1. The van der Waals surface area contributed by atoms with Crippen LogP contribution < -0.4 is 0 Å². The van der Waals surface area contributed by atoms with Crippen LogP contribution in [0.1, 0.15) is 34.0 Å². The number of carbonyl (C=O) groups excluding carboxylic acids is 1. The molecule has 1 aromatic carbocycles. The number of hydrogen-bond donors (Lipinski definition) is 0. The molecule has 5 heteroatoms. The maximum atomic E-state index is 13.0. The highest BCUT2D eigenvalue weighted by molar-refractivity contribution is 7.03. The van der Waals surface area contributed by atoms with Crippen molar-refractivity contribution in [3.8, 4) is 0 Å². The van der Waals surface area contributed by atoms with Gasteiger partial charge in [0.15, 0.2) is 0 Å². The average Bonchev–Trinajstić information content (AvgIpc) is 3.19. The number of hydrogen-bond acceptors (Lipinski definition) is 4. The summed E-state index contributed by atoms with van der Waals surface area (Å²) in [5.41, 5.74) is 2.91. The number of benzene rings is 1. The van der Waals surface area contributed by atoms with Gasteiger partial charge in [-0.15, -0.1) is 0 Å². The summed E-state index contributed by atoms with van der Waals surface area (Å²) in [7, 11) is 0. The third-order valence-corrected chi connectivity index (χ3v) is 5.86. The summed E-state index contributed by atoms with van der Waals surface area (Å²) in [5.74, 6) is 0.880. The molecule has 4 nitrogen and oxygen atoms in total. The van der Waals surface area contributed by atoms with E-state index in [1.54, 1.807) is 0 Å². The largest absolute Gasteiger partial charge is 0.381 e. The van der Waals surface area contributed by atoms with E-state index < -0.39 is 0 Å². The highest BCUT2D eigenvalue weighted by atomic mass is 32.1. The Balaban J connectivity index is 1.66. The fraction of sp³-hybridized carbons (Fsp3) is 0.444. The lowest BCUT2D eigenvalue weighted by atomic mass is 9.84. The molecule has 0 N–H and O–H groups in total. The topological polar surface area (TPSA) is 42.4 Å². The number of carbonyl (C=O) groups is 1. The number of fused-ring (bicyclic) bond motifs is 1. The first-order valence-electron chi connectivity index (χ1n) is 8.10. The van der Waals surface area contributed by atoms with Crippen LogP contribution in [0.25, 0.3) is 0 Å². The summed E-state index contributed by atoms with van der Waals surface area (Å²) < 4.78 is 9.99. The van der Waals surface area contributed by atoms with E-state index in [-0.39, 0.29) is 11.9 Å². The third kappa shape index (κ3) is 2.58. The molecule has 2 aromatic rings. The normalized spacial score (nSPS) is 27.0. The molecular formula is C18H20N2O2S. The maximum absolute atomic E-state index is 13.0. The Morgan fingerprint density at radius 2 is 2.17 bits per heavy atom. The van der Waals surface area contributed by atoms with E-state index >= 15 is 0 Å². The van der Waals surface area contributed by atoms with Crippen molar-refractivity contribution in [1.29, 1.82) is 0 Å². The molecule has 1 aromatic heterocycles. The predicted molar refractivity (Wildman–Crippen MR) is 89.8 cm³/mol. The zero-order chi connectivity index (χ0) is 15.8. The van der Waals surface area contributed by atoms with Gasteiger partial charge >= 0.3 is 0 Å². The Kier molecular flexibility index (Phi) is 3.91. The van der Waals surface area contributed by atoms with Crippen molar-refractivity contribution in [2.75, 3.05) is 19.8 Å². The number of aromatic nitrogens is 1. The monoisotopic (exact) mass is 328 g/mol. The molecule has 120 valence electrons. The van der Waals surface area contributed by atoms with Crippen molar-refractivity contribution in [1.82, 2.24) is 9.27 Å². The van der Waals surface area contributed by atoms with Gasteiger partial charge in [0, 0.05) is 36.4 Å². The fourth-order valence-corrected chi connectivity index (χ4v) is 4.63. The van der Waals surface area contributed by atoms with Gasteiger partial charge in [0.2, 0.25) is 0 Å². The van der Waals surface area contributed by atoms with Crippen LogP contribution in [-0.2, 0) is 4.74 Å². The summed E-state index contributed by atoms with van der Waals surface area (Å²) in [6.45, 7) is 4.18. The van der Waals surface area contributed by atoms with Gasteiger partial charge in [0.05, 0.1) is 17.9 Å². The molecule has 0 bridgehead atoms. The molecule has 23 heavy (non-hydrogen) atoms. The first-order chi connectivity index (χ1) is 11.3. The number of nitrogens with zero attached hydrogens (tertiary/aromatic N) is 2. The number of ether oxygens (including phenoxy) is 1. The van der Waals surface area contributed by atoms with Crippen molar-refractivity contribution in [3.05, 3.63) is 52.5 Å². The number of aryl methyl sites for hydroxylation is 1. The molecule has 3 heterocycles. The summed E-state index contributed by atoms with van der Waals surface area (Å²) in [5, 5.41) is 1.88. The minimum atomic E-state index is 0.131. The van der Waals surface area contributed by atoms with Gasteiger partial charge in [0.25, 0.3) is 5.91 Å². The summed E-state index contributed by atoms with van der Waals surface area (Å²) in [6.07, 6.45) is 0.927. The van der Waals surface area contributed by atoms with E-state index in [2.05, 4.69) is 33.5 Å². The fourth-order valence-electron chi connectivity index (χ4n) is 3.94. The molecule has 0 radical (unpaired) electrons. The Hall–Kier alpha value is -1.72. The van der Waals surface area contributed by atoms with Crippen molar-refractivity contribution in [2.24, 2.45) is 5.92 Å². The van der Waals surface area contributed by atoms with Gasteiger partial charge in [0.1, 0.15) is 0 Å². The molecule has 4 rings (SSSR count). The Morgan fingerprint density at radius 3 is 2.91 bits per heavy atom. The van der Waals surface area contributed by atoms with E-state index in [4.69, 9.17) is 4.74 Å². The lowest BCUT2D eigenvalue weighted by Gasteiger charge is -2.32. The number of likely N-dealkylation sites (tertiary alicyclic amines) is 1. The van der Waals surface area contributed by atoms with Crippen LogP contribution in [0.5, 0.6) is 0 Å². The minimum Gasteiger partial charge on any atom is -0.381 e. The van der Waals surface area contributed by atoms with E-state index in [9.17, 15) is 4.79 Å². The van der Waals surface area contributed by atoms with Gasteiger partial charge in [-0.25, -0.2) is 0 Å². The van der Waals surface area contributed by atoms with Crippen molar-refractivity contribution >= 4 is 17.4 Å². The first kappa shape index (κ1) is 14.8. The standard InChI is InChI=1S/C18H20N2O2S/c1-12-16(11-23-19-12)18(21)20-9-14(13-5-3-2-4-6-13)15-10-22-8-7-17(15)20/h2-6,11,14-15,17H,7-10H2,1H3/t14-,15+,17+/m1/s1. The van der Waals surface area contributed by atoms with E-state index in [0.29, 0.717) is 11.8 Å². The lowest BCUT2D eigenvalue weighted by molar-refractivity contribution is 0.0188. The smallest absolute Gasteiger partial charge is 0.256 e. The number of amides is 1. The Morgan fingerprint density at radius 1 is 1.35 bits per heavy atom. The van der Waals surface area contributed by atoms with Crippen LogP contribution in [-0.4, -0.2) is 41.0 Å². The molecule has 0 unspecified atom stereocenters. The molecule has 1 amide bonds. The first-order valence-corrected chi connectivity index (χ1v) is 8.94. The second-order valence-corrected chi connectivity index (χ2v) is 7.01. The highest BCUT2D eigenvalue weighted by Crippen LogP contribution is 2.41. The molecule has 0 spiro atoms. The Bertz CT molecular complexity index is 700. The van der Waals surface area contributed by atoms with Gasteiger partial charge < -0.3 is 9.64 Å². The molecule has 2 aliphatic rings. The average molecular weight is 328 g/mol. The summed E-state index contributed by atoms with van der Waals surface area (Å²) >= 11 is 1.36.